The Kier molecular flexibility index (Phi) is 4.85. The van der Waals surface area contributed by atoms with Crippen molar-refractivity contribution in [1.82, 2.24) is 20.0 Å². The Morgan fingerprint density at radius 3 is 2.79 bits per heavy atom. The van der Waals surface area contributed by atoms with E-state index in [1.807, 2.05) is 30.0 Å². The summed E-state index contributed by atoms with van der Waals surface area (Å²) in [5.41, 5.74) is 0.957. The molecular weight excluding hydrogens is 302 g/mol. The van der Waals surface area contributed by atoms with Crippen molar-refractivity contribution in [3.05, 3.63) is 30.5 Å². The van der Waals surface area contributed by atoms with Crippen molar-refractivity contribution in [3.63, 3.8) is 0 Å². The molecule has 1 atom stereocenters. The van der Waals surface area contributed by atoms with Gasteiger partial charge in [0.05, 0.1) is 5.69 Å². The van der Waals surface area contributed by atoms with Crippen LogP contribution in [0.3, 0.4) is 0 Å². The van der Waals surface area contributed by atoms with Crippen LogP contribution >= 0.6 is 0 Å². The zero-order chi connectivity index (χ0) is 17.2. The lowest BCUT2D eigenvalue weighted by atomic mass is 9.86. The highest BCUT2D eigenvalue weighted by atomic mass is 16.2. The third kappa shape index (κ3) is 3.29. The molecule has 0 radical (unpaired) electrons. The van der Waals surface area contributed by atoms with E-state index in [0.29, 0.717) is 13.0 Å². The Morgan fingerprint density at radius 2 is 2.08 bits per heavy atom. The summed E-state index contributed by atoms with van der Waals surface area (Å²) in [6, 6.07) is 4.06. The first-order valence-corrected chi connectivity index (χ1v) is 8.69. The van der Waals surface area contributed by atoms with Crippen molar-refractivity contribution in [2.75, 3.05) is 44.7 Å². The third-order valence-corrected chi connectivity index (χ3v) is 5.46. The number of likely N-dealkylation sites (tertiary alicyclic amines) is 1. The molecule has 2 fully saturated rings. The van der Waals surface area contributed by atoms with Gasteiger partial charge in [-0.25, -0.2) is 0 Å². The molecule has 1 aromatic rings. The van der Waals surface area contributed by atoms with Crippen molar-refractivity contribution < 1.29 is 4.79 Å². The molecule has 1 unspecified atom stereocenters. The predicted molar refractivity (Wildman–Crippen MR) is 95.0 cm³/mol. The minimum atomic E-state index is 0.0242. The molecule has 1 amide bonds. The first-order chi connectivity index (χ1) is 11.5. The number of carbonyl (C=O) groups excluding carboxylic acids is 1. The number of aromatic nitrogens is 2. The summed E-state index contributed by atoms with van der Waals surface area (Å²) in [5, 5.41) is 8.55. The van der Waals surface area contributed by atoms with Crippen molar-refractivity contribution >= 4 is 11.7 Å². The maximum Gasteiger partial charge on any atom is 0.222 e. The van der Waals surface area contributed by atoms with Crippen LogP contribution in [0.5, 0.6) is 0 Å². The number of hydrogen-bond acceptors (Lipinski definition) is 5. The molecule has 3 rings (SSSR count). The van der Waals surface area contributed by atoms with Crippen molar-refractivity contribution in [3.8, 4) is 0 Å². The molecule has 0 saturated carbocycles. The van der Waals surface area contributed by atoms with Crippen LogP contribution in [0.1, 0.15) is 25.0 Å². The number of hydrogen-bond donors (Lipinski definition) is 0. The van der Waals surface area contributed by atoms with Gasteiger partial charge >= 0.3 is 0 Å². The molecular formula is C18H27N5O. The first-order valence-electron chi connectivity index (χ1n) is 8.69. The van der Waals surface area contributed by atoms with E-state index in [0.717, 1.165) is 50.5 Å². The molecule has 0 N–H and O–H groups in total. The fraction of sp³-hybridized carbons (Fsp3) is 0.611. The second-order valence-electron chi connectivity index (χ2n) is 6.98. The summed E-state index contributed by atoms with van der Waals surface area (Å²) in [7, 11) is 2.19. The van der Waals surface area contributed by atoms with Gasteiger partial charge < -0.3 is 9.80 Å². The van der Waals surface area contributed by atoms with E-state index in [2.05, 4.69) is 33.6 Å². The van der Waals surface area contributed by atoms with Crippen LogP contribution in [-0.4, -0.2) is 71.2 Å². The Labute approximate surface area is 144 Å². The van der Waals surface area contributed by atoms with Crippen LogP contribution in [0.2, 0.25) is 0 Å². The molecule has 0 aromatic carbocycles. The number of likely N-dealkylation sites (N-methyl/N-ethyl adjacent to an activating group) is 1. The zero-order valence-electron chi connectivity index (χ0n) is 14.7. The SMILES string of the molecule is C=CCN1CCC2(CCC1=O)CN(c1ccc(C)nn1)CCN2C. The van der Waals surface area contributed by atoms with Crippen molar-refractivity contribution in [2.45, 2.75) is 31.7 Å². The van der Waals surface area contributed by atoms with Crippen LogP contribution in [0, 0.1) is 6.92 Å². The number of piperazine rings is 1. The maximum atomic E-state index is 12.3. The van der Waals surface area contributed by atoms with Gasteiger partial charge in [-0.05, 0) is 38.9 Å². The molecule has 6 heteroatoms. The lowest BCUT2D eigenvalue weighted by Gasteiger charge is -2.49. The topological polar surface area (TPSA) is 52.6 Å². The summed E-state index contributed by atoms with van der Waals surface area (Å²) < 4.78 is 0. The quantitative estimate of drug-likeness (QED) is 0.786. The number of nitrogens with zero attached hydrogens (tertiary/aromatic N) is 5. The molecule has 1 aromatic heterocycles. The first kappa shape index (κ1) is 16.9. The minimum Gasteiger partial charge on any atom is -0.352 e. The van der Waals surface area contributed by atoms with Gasteiger partial charge in [-0.2, -0.15) is 5.10 Å². The fourth-order valence-electron chi connectivity index (χ4n) is 3.80. The van der Waals surface area contributed by atoms with Gasteiger partial charge in [-0.1, -0.05) is 6.08 Å². The van der Waals surface area contributed by atoms with Crippen LogP contribution in [0.4, 0.5) is 5.82 Å². The molecule has 2 aliphatic rings. The molecule has 1 spiro atoms. The average molecular weight is 329 g/mol. The smallest absolute Gasteiger partial charge is 0.222 e. The average Bonchev–Trinajstić information content (AvgIpc) is 2.73. The molecule has 0 bridgehead atoms. The van der Waals surface area contributed by atoms with Crippen molar-refractivity contribution in [2.24, 2.45) is 0 Å². The van der Waals surface area contributed by atoms with Crippen LogP contribution in [0.25, 0.3) is 0 Å². The molecule has 2 aliphatic heterocycles. The Bertz CT molecular complexity index is 602. The van der Waals surface area contributed by atoms with Gasteiger partial charge in [-0.15, -0.1) is 11.7 Å². The van der Waals surface area contributed by atoms with E-state index in [-0.39, 0.29) is 11.4 Å². The minimum absolute atomic E-state index is 0.0242. The van der Waals surface area contributed by atoms with Gasteiger partial charge in [0.25, 0.3) is 0 Å². The van der Waals surface area contributed by atoms with E-state index in [9.17, 15) is 4.79 Å². The molecule has 24 heavy (non-hydrogen) atoms. The standard InChI is InChI=1S/C18H27N5O/c1-4-10-22-11-9-18(8-7-17(22)24)14-23(13-12-21(18)3)16-6-5-15(2)19-20-16/h4-6H,1,7-14H2,2-3H3. The van der Waals surface area contributed by atoms with Gasteiger partial charge in [0, 0.05) is 44.7 Å². The fourth-order valence-corrected chi connectivity index (χ4v) is 3.80. The zero-order valence-corrected chi connectivity index (χ0v) is 14.7. The highest BCUT2D eigenvalue weighted by Crippen LogP contribution is 2.33. The number of carbonyl (C=O) groups is 1. The Morgan fingerprint density at radius 1 is 1.25 bits per heavy atom. The lowest BCUT2D eigenvalue weighted by molar-refractivity contribution is -0.130. The van der Waals surface area contributed by atoms with Gasteiger partial charge in [-0.3, -0.25) is 9.69 Å². The summed E-state index contributed by atoms with van der Waals surface area (Å²) in [6.45, 7) is 9.98. The van der Waals surface area contributed by atoms with Crippen LogP contribution in [0.15, 0.2) is 24.8 Å². The lowest BCUT2D eigenvalue weighted by Crippen LogP contribution is -2.61. The Hall–Kier alpha value is -1.95. The molecule has 6 nitrogen and oxygen atoms in total. The number of rotatable bonds is 3. The highest BCUT2D eigenvalue weighted by Gasteiger charge is 2.42. The summed E-state index contributed by atoms with van der Waals surface area (Å²) in [4.78, 5) is 19.0. The van der Waals surface area contributed by atoms with E-state index in [1.54, 1.807) is 0 Å². The van der Waals surface area contributed by atoms with E-state index >= 15 is 0 Å². The predicted octanol–water partition coefficient (Wildman–Crippen LogP) is 1.47. The monoisotopic (exact) mass is 329 g/mol. The summed E-state index contributed by atoms with van der Waals surface area (Å²) in [6.07, 6.45) is 4.30. The summed E-state index contributed by atoms with van der Waals surface area (Å²) in [5.74, 6) is 1.18. The number of anilines is 1. The highest BCUT2D eigenvalue weighted by molar-refractivity contribution is 5.76. The van der Waals surface area contributed by atoms with Gasteiger partial charge in [0.1, 0.15) is 0 Å². The molecule has 130 valence electrons. The van der Waals surface area contributed by atoms with E-state index < -0.39 is 0 Å². The molecule has 3 heterocycles. The van der Waals surface area contributed by atoms with Crippen LogP contribution in [-0.2, 0) is 4.79 Å². The number of amides is 1. The second-order valence-corrected chi connectivity index (χ2v) is 6.98. The molecule has 2 saturated heterocycles. The third-order valence-electron chi connectivity index (χ3n) is 5.46. The molecule has 0 aliphatic carbocycles. The Balaban J connectivity index is 1.78. The maximum absolute atomic E-state index is 12.3. The van der Waals surface area contributed by atoms with Crippen LogP contribution < -0.4 is 4.90 Å². The van der Waals surface area contributed by atoms with E-state index in [1.165, 1.54) is 0 Å². The normalized spacial score (nSPS) is 25.8. The van der Waals surface area contributed by atoms with Gasteiger partial charge in [0.2, 0.25) is 5.91 Å². The van der Waals surface area contributed by atoms with E-state index in [4.69, 9.17) is 0 Å². The summed E-state index contributed by atoms with van der Waals surface area (Å²) >= 11 is 0. The van der Waals surface area contributed by atoms with Crippen molar-refractivity contribution in [1.29, 1.82) is 0 Å². The van der Waals surface area contributed by atoms with Gasteiger partial charge in [0.15, 0.2) is 5.82 Å². The largest absolute Gasteiger partial charge is 0.352 e. The number of aryl methyl sites for hydroxylation is 1. The second kappa shape index (κ2) is 6.89.